The molecule has 9 heteroatoms. The maximum Gasteiger partial charge on any atom is 0.246 e. The van der Waals surface area contributed by atoms with Gasteiger partial charge in [0.05, 0.1) is 0 Å². The number of amides is 1. The molecule has 2 heterocycles. The number of hydrogen-bond acceptors (Lipinski definition) is 4. The second-order valence-electron chi connectivity index (χ2n) is 6.42. The van der Waals surface area contributed by atoms with Crippen LogP contribution in [0.25, 0.3) is 0 Å². The third-order valence-corrected chi connectivity index (χ3v) is 7.20. The van der Waals surface area contributed by atoms with E-state index in [9.17, 15) is 13.2 Å². The van der Waals surface area contributed by atoms with Gasteiger partial charge in [-0.15, -0.1) is 0 Å². The Morgan fingerprint density at radius 3 is 2.59 bits per heavy atom. The van der Waals surface area contributed by atoms with Gasteiger partial charge in [0, 0.05) is 35.9 Å². The number of nitrogens with zero attached hydrogens (tertiary/aromatic N) is 2. The summed E-state index contributed by atoms with van der Waals surface area (Å²) in [6.45, 7) is 2.39. The lowest BCUT2D eigenvalue weighted by molar-refractivity contribution is -0.120. The standard InChI is InChI=1S/C18H19Cl2N3O3S/c1-12-4-5-14(19)11-15(12)22-18(24)13-6-9-23(10-7-13)27(25,26)16-3-2-8-21-17(16)20/h2-5,8,11,13H,6-7,9-10H2,1H3,(H,22,24). The second-order valence-corrected chi connectivity index (χ2v) is 9.12. The summed E-state index contributed by atoms with van der Waals surface area (Å²) in [6.07, 6.45) is 2.31. The van der Waals surface area contributed by atoms with E-state index in [4.69, 9.17) is 23.2 Å². The molecule has 0 bridgehead atoms. The lowest BCUT2D eigenvalue weighted by Gasteiger charge is -2.30. The summed E-state index contributed by atoms with van der Waals surface area (Å²) in [7, 11) is -3.72. The smallest absolute Gasteiger partial charge is 0.246 e. The minimum atomic E-state index is -3.72. The van der Waals surface area contributed by atoms with Gasteiger partial charge in [-0.2, -0.15) is 4.31 Å². The first-order valence-electron chi connectivity index (χ1n) is 8.46. The molecule has 27 heavy (non-hydrogen) atoms. The molecule has 1 aliphatic rings. The number of rotatable bonds is 4. The predicted molar refractivity (Wildman–Crippen MR) is 106 cm³/mol. The summed E-state index contributed by atoms with van der Waals surface area (Å²) in [4.78, 5) is 16.4. The highest BCUT2D eigenvalue weighted by Crippen LogP contribution is 2.28. The van der Waals surface area contributed by atoms with Crippen LogP contribution in [0.2, 0.25) is 10.2 Å². The largest absolute Gasteiger partial charge is 0.326 e. The van der Waals surface area contributed by atoms with Crippen LogP contribution >= 0.6 is 23.2 Å². The van der Waals surface area contributed by atoms with Gasteiger partial charge in [-0.25, -0.2) is 13.4 Å². The van der Waals surface area contributed by atoms with Gasteiger partial charge >= 0.3 is 0 Å². The number of carbonyl (C=O) groups is 1. The molecule has 1 amide bonds. The van der Waals surface area contributed by atoms with Crippen LogP contribution in [-0.4, -0.2) is 36.7 Å². The van der Waals surface area contributed by atoms with Crippen molar-refractivity contribution in [3.8, 4) is 0 Å². The Labute approximate surface area is 168 Å². The van der Waals surface area contributed by atoms with Gasteiger partial charge in [-0.1, -0.05) is 29.3 Å². The zero-order valence-corrected chi connectivity index (χ0v) is 17.0. The summed E-state index contributed by atoms with van der Waals surface area (Å²) < 4.78 is 26.8. The summed E-state index contributed by atoms with van der Waals surface area (Å²) >= 11 is 11.9. The molecule has 144 valence electrons. The number of hydrogen-bond donors (Lipinski definition) is 1. The number of halogens is 2. The SMILES string of the molecule is Cc1ccc(Cl)cc1NC(=O)C1CCN(S(=O)(=O)c2cccnc2Cl)CC1. The van der Waals surface area contributed by atoms with Crippen molar-refractivity contribution in [1.29, 1.82) is 0 Å². The van der Waals surface area contributed by atoms with Crippen LogP contribution in [0, 0.1) is 12.8 Å². The number of piperidine rings is 1. The van der Waals surface area contributed by atoms with Crippen molar-refractivity contribution in [3.05, 3.63) is 52.3 Å². The maximum atomic E-state index is 12.7. The van der Waals surface area contributed by atoms with Gasteiger partial charge in [0.1, 0.15) is 10.0 Å². The number of nitrogens with one attached hydrogen (secondary N) is 1. The third kappa shape index (κ3) is 4.43. The first kappa shape index (κ1) is 20.1. The van der Waals surface area contributed by atoms with Crippen LogP contribution in [0.1, 0.15) is 18.4 Å². The monoisotopic (exact) mass is 427 g/mol. The molecule has 1 fully saturated rings. The summed E-state index contributed by atoms with van der Waals surface area (Å²) in [5, 5.41) is 3.39. The highest BCUT2D eigenvalue weighted by Gasteiger charge is 2.33. The van der Waals surface area contributed by atoms with Crippen LogP contribution in [0.3, 0.4) is 0 Å². The Kier molecular flexibility index (Phi) is 6.05. The van der Waals surface area contributed by atoms with E-state index < -0.39 is 10.0 Å². The predicted octanol–water partition coefficient (Wildman–Crippen LogP) is 3.74. The minimum Gasteiger partial charge on any atom is -0.326 e. The molecular weight excluding hydrogens is 409 g/mol. The first-order chi connectivity index (χ1) is 12.8. The fraction of sp³-hybridized carbons (Fsp3) is 0.333. The van der Waals surface area contributed by atoms with Crippen molar-refractivity contribution in [2.75, 3.05) is 18.4 Å². The van der Waals surface area contributed by atoms with Crippen molar-refractivity contribution in [1.82, 2.24) is 9.29 Å². The average molecular weight is 428 g/mol. The topological polar surface area (TPSA) is 79.4 Å². The van der Waals surface area contributed by atoms with Gasteiger partial charge in [-0.05, 0) is 49.6 Å². The van der Waals surface area contributed by atoms with Crippen molar-refractivity contribution >= 4 is 44.8 Å². The highest BCUT2D eigenvalue weighted by molar-refractivity contribution is 7.89. The van der Waals surface area contributed by atoms with Crippen molar-refractivity contribution < 1.29 is 13.2 Å². The number of carbonyl (C=O) groups excluding carboxylic acids is 1. The first-order valence-corrected chi connectivity index (χ1v) is 10.7. The molecule has 0 atom stereocenters. The van der Waals surface area contributed by atoms with Gasteiger partial charge in [0.2, 0.25) is 15.9 Å². The number of pyridine rings is 1. The Balaban J connectivity index is 1.66. The van der Waals surface area contributed by atoms with Crippen molar-refractivity contribution in [2.24, 2.45) is 5.92 Å². The fourth-order valence-electron chi connectivity index (χ4n) is 3.02. The van der Waals surface area contributed by atoms with Crippen LogP contribution in [0.4, 0.5) is 5.69 Å². The number of benzene rings is 1. The molecule has 0 unspecified atom stereocenters. The highest BCUT2D eigenvalue weighted by atomic mass is 35.5. The number of aryl methyl sites for hydroxylation is 1. The van der Waals surface area contributed by atoms with Gasteiger partial charge in [0.15, 0.2) is 0 Å². The number of aromatic nitrogens is 1. The van der Waals surface area contributed by atoms with E-state index in [1.165, 1.54) is 22.6 Å². The Morgan fingerprint density at radius 2 is 1.93 bits per heavy atom. The van der Waals surface area contributed by atoms with Crippen LogP contribution in [-0.2, 0) is 14.8 Å². The van der Waals surface area contributed by atoms with E-state index in [-0.39, 0.29) is 35.0 Å². The molecule has 1 aliphatic heterocycles. The molecule has 3 rings (SSSR count). The Bertz CT molecular complexity index is 958. The summed E-state index contributed by atoms with van der Waals surface area (Å²) in [5.74, 6) is -0.393. The van der Waals surface area contributed by atoms with E-state index in [0.717, 1.165) is 5.56 Å². The second kappa shape index (κ2) is 8.14. The molecular formula is C18H19Cl2N3O3S. The third-order valence-electron chi connectivity index (χ3n) is 4.62. The normalized spacial score (nSPS) is 16.3. The van der Waals surface area contributed by atoms with Gasteiger partial charge in [-0.3, -0.25) is 4.79 Å². The van der Waals surface area contributed by atoms with Gasteiger partial charge < -0.3 is 5.32 Å². The zero-order valence-electron chi connectivity index (χ0n) is 14.7. The molecule has 6 nitrogen and oxygen atoms in total. The van der Waals surface area contributed by atoms with Crippen molar-refractivity contribution in [2.45, 2.75) is 24.7 Å². The van der Waals surface area contributed by atoms with E-state index in [1.807, 2.05) is 13.0 Å². The van der Waals surface area contributed by atoms with E-state index >= 15 is 0 Å². The molecule has 2 aromatic rings. The zero-order chi connectivity index (χ0) is 19.6. The Morgan fingerprint density at radius 1 is 1.22 bits per heavy atom. The average Bonchev–Trinajstić information content (AvgIpc) is 2.65. The lowest BCUT2D eigenvalue weighted by Crippen LogP contribution is -2.41. The van der Waals surface area contributed by atoms with Crippen LogP contribution in [0.15, 0.2) is 41.4 Å². The lowest BCUT2D eigenvalue weighted by atomic mass is 9.97. The molecule has 1 aromatic carbocycles. The summed E-state index contributed by atoms with van der Waals surface area (Å²) in [6, 6.07) is 8.28. The van der Waals surface area contributed by atoms with E-state index in [0.29, 0.717) is 23.6 Å². The summed E-state index contributed by atoms with van der Waals surface area (Å²) in [5.41, 5.74) is 1.59. The fourth-order valence-corrected chi connectivity index (χ4v) is 5.09. The quantitative estimate of drug-likeness (QED) is 0.753. The molecule has 0 saturated carbocycles. The number of sulfonamides is 1. The molecule has 0 spiro atoms. The number of anilines is 1. The molecule has 1 N–H and O–H groups in total. The van der Waals surface area contributed by atoms with E-state index in [2.05, 4.69) is 10.3 Å². The molecule has 1 aromatic heterocycles. The van der Waals surface area contributed by atoms with Gasteiger partial charge in [0.25, 0.3) is 0 Å². The molecule has 0 radical (unpaired) electrons. The minimum absolute atomic E-state index is 0.0101. The maximum absolute atomic E-state index is 12.7. The molecule has 1 saturated heterocycles. The van der Waals surface area contributed by atoms with Crippen LogP contribution in [0.5, 0.6) is 0 Å². The molecule has 0 aliphatic carbocycles. The van der Waals surface area contributed by atoms with Crippen molar-refractivity contribution in [3.63, 3.8) is 0 Å². The Hall–Kier alpha value is -1.67. The van der Waals surface area contributed by atoms with E-state index in [1.54, 1.807) is 12.1 Å². The van der Waals surface area contributed by atoms with Crippen LogP contribution < -0.4 is 5.32 Å².